The molecule has 0 atom stereocenters. The van der Waals surface area contributed by atoms with Crippen LogP contribution in [0.25, 0.3) is 5.52 Å². The Labute approximate surface area is 182 Å². The van der Waals surface area contributed by atoms with Crippen molar-refractivity contribution in [1.82, 2.24) is 4.40 Å². The Hall–Kier alpha value is -4.98. The number of carboxylic acid groups (broad SMARTS) is 1. The highest BCUT2D eigenvalue weighted by Crippen LogP contribution is 2.32. The zero-order valence-electron chi connectivity index (χ0n) is 17.0. The van der Waals surface area contributed by atoms with Crippen molar-refractivity contribution < 1.29 is 19.4 Å². The number of carboxylic acids is 1. The minimum Gasteiger partial charge on any atom is -0.494 e. The number of aromatic nitrogens is 1. The lowest BCUT2D eigenvalue weighted by molar-refractivity contribution is 0.0698. The molecule has 2 aromatic heterocycles. The lowest BCUT2D eigenvalue weighted by Gasteiger charge is -2.07. The average Bonchev–Trinajstić information content (AvgIpc) is 3.09. The first kappa shape index (κ1) is 21.7. The van der Waals surface area contributed by atoms with Gasteiger partial charge in [0.2, 0.25) is 5.78 Å². The van der Waals surface area contributed by atoms with Gasteiger partial charge in [-0.05, 0) is 37.3 Å². The number of nitriles is 2. The van der Waals surface area contributed by atoms with Crippen LogP contribution in [0.3, 0.4) is 0 Å². The third-order valence-electron chi connectivity index (χ3n) is 4.75. The number of carbonyl (C=O) groups is 2. The minimum absolute atomic E-state index is 0.0944. The summed E-state index contributed by atoms with van der Waals surface area (Å²) in [6.45, 7) is 1.74. The van der Waals surface area contributed by atoms with Crippen molar-refractivity contribution >= 4 is 34.5 Å². The van der Waals surface area contributed by atoms with Gasteiger partial charge in [0.25, 0.3) is 0 Å². The molecule has 3 rings (SSSR count). The highest BCUT2D eigenvalue weighted by molar-refractivity contribution is 6.20. The highest BCUT2D eigenvalue weighted by atomic mass is 16.5. The molecule has 0 saturated heterocycles. The van der Waals surface area contributed by atoms with Crippen molar-refractivity contribution in [3.63, 3.8) is 0 Å². The van der Waals surface area contributed by atoms with Gasteiger partial charge in [-0.15, -0.1) is 0 Å². The van der Waals surface area contributed by atoms with Crippen molar-refractivity contribution in [2.24, 2.45) is 4.99 Å². The fraction of sp³-hybridized carbons (Fsp3) is 0.0870. The van der Waals surface area contributed by atoms with Crippen LogP contribution in [0.15, 0.2) is 53.2 Å². The molecule has 0 saturated carbocycles. The SMILES string of the molecule is COc1c(C)c(C(=O)c2ccc(N=C(C#N)C(=C=N)C#N)c(C(=O)O)c2)n2ccccc12. The molecule has 0 spiro atoms. The molecule has 0 fully saturated rings. The second-order valence-electron chi connectivity index (χ2n) is 6.51. The number of ether oxygens (including phenoxy) is 1. The summed E-state index contributed by atoms with van der Waals surface area (Å²) < 4.78 is 7.11. The molecule has 0 aliphatic carbocycles. The largest absolute Gasteiger partial charge is 0.494 e. The van der Waals surface area contributed by atoms with Gasteiger partial charge in [-0.2, -0.15) is 10.5 Å². The van der Waals surface area contributed by atoms with Gasteiger partial charge in [0.05, 0.1) is 23.9 Å². The van der Waals surface area contributed by atoms with E-state index in [1.165, 1.54) is 19.2 Å². The first-order valence-corrected chi connectivity index (χ1v) is 9.12. The number of rotatable bonds is 6. The number of aromatic carboxylic acids is 1. The number of nitrogens with zero attached hydrogens (tertiary/aromatic N) is 4. The van der Waals surface area contributed by atoms with E-state index >= 15 is 0 Å². The summed E-state index contributed by atoms with van der Waals surface area (Å²) in [5.41, 5.74) is 0.340. The monoisotopic (exact) mass is 425 g/mol. The Balaban J connectivity index is 2.18. The number of allylic oxidation sites excluding steroid dienone is 1. The fourth-order valence-electron chi connectivity index (χ4n) is 3.32. The quantitative estimate of drug-likeness (QED) is 0.350. The van der Waals surface area contributed by atoms with Crippen LogP contribution in [0.4, 0.5) is 5.69 Å². The van der Waals surface area contributed by atoms with E-state index in [-0.39, 0.29) is 16.8 Å². The van der Waals surface area contributed by atoms with E-state index in [0.29, 0.717) is 22.5 Å². The number of ketones is 1. The Morgan fingerprint density at radius 3 is 2.53 bits per heavy atom. The molecule has 0 aliphatic heterocycles. The number of fused-ring (bicyclic) bond motifs is 1. The van der Waals surface area contributed by atoms with E-state index in [1.807, 2.05) is 6.07 Å². The van der Waals surface area contributed by atoms with E-state index in [1.54, 1.807) is 47.7 Å². The van der Waals surface area contributed by atoms with Crippen LogP contribution in [-0.4, -0.2) is 40.0 Å². The van der Waals surface area contributed by atoms with E-state index < -0.39 is 23.0 Å². The summed E-state index contributed by atoms with van der Waals surface area (Å²) in [4.78, 5) is 29.1. The Kier molecular flexibility index (Phi) is 5.97. The molecule has 2 heterocycles. The van der Waals surface area contributed by atoms with Gasteiger partial charge >= 0.3 is 5.97 Å². The van der Waals surface area contributed by atoms with Gasteiger partial charge < -0.3 is 14.2 Å². The third kappa shape index (κ3) is 3.63. The molecule has 32 heavy (non-hydrogen) atoms. The number of nitrogens with one attached hydrogen (secondary N) is 1. The summed E-state index contributed by atoms with van der Waals surface area (Å²) in [7, 11) is 1.50. The summed E-state index contributed by atoms with van der Waals surface area (Å²) in [5, 5.41) is 34.9. The standard InChI is InChI=1S/C23H15N5O4/c1-13-20(28-8-4-3-5-19(28)22(13)32-2)21(29)14-6-7-17(16(9-14)23(30)31)27-18(12-26)15(10-24)11-25/h3-9,24H,1-2H3,(H,30,31). The second kappa shape index (κ2) is 8.80. The van der Waals surface area contributed by atoms with E-state index in [4.69, 9.17) is 15.4 Å². The molecular weight excluding hydrogens is 410 g/mol. The van der Waals surface area contributed by atoms with Gasteiger partial charge in [0.15, 0.2) is 5.71 Å². The highest BCUT2D eigenvalue weighted by Gasteiger charge is 2.24. The molecule has 9 heteroatoms. The van der Waals surface area contributed by atoms with Crippen LogP contribution in [-0.2, 0) is 0 Å². The molecular formula is C23H15N5O4. The summed E-state index contributed by atoms with van der Waals surface area (Å²) in [6.07, 6.45) is 1.71. The number of hydrogen-bond acceptors (Lipinski definition) is 7. The van der Waals surface area contributed by atoms with E-state index in [0.717, 1.165) is 6.07 Å². The number of carbonyl (C=O) groups excluding carboxylic acids is 1. The lowest BCUT2D eigenvalue weighted by Crippen LogP contribution is -2.09. The van der Waals surface area contributed by atoms with Crippen LogP contribution < -0.4 is 4.74 Å². The number of benzene rings is 1. The smallest absolute Gasteiger partial charge is 0.337 e. The summed E-state index contributed by atoms with van der Waals surface area (Å²) >= 11 is 0. The van der Waals surface area contributed by atoms with Gasteiger partial charge in [-0.1, -0.05) is 6.07 Å². The predicted molar refractivity (Wildman–Crippen MR) is 115 cm³/mol. The molecule has 0 amide bonds. The number of pyridine rings is 1. The van der Waals surface area contributed by atoms with Crippen LogP contribution in [0.1, 0.15) is 32.0 Å². The topological polar surface area (TPSA) is 152 Å². The van der Waals surface area contributed by atoms with E-state index in [9.17, 15) is 20.0 Å². The van der Waals surface area contributed by atoms with Crippen molar-refractivity contribution in [1.29, 1.82) is 15.9 Å². The van der Waals surface area contributed by atoms with Crippen molar-refractivity contribution in [3.8, 4) is 17.9 Å². The molecule has 2 N–H and O–H groups in total. The van der Waals surface area contributed by atoms with Crippen molar-refractivity contribution in [2.75, 3.05) is 7.11 Å². The summed E-state index contributed by atoms with van der Waals surface area (Å²) in [5.74, 6) is 0.526. The third-order valence-corrected chi connectivity index (χ3v) is 4.75. The van der Waals surface area contributed by atoms with E-state index in [2.05, 4.69) is 4.99 Å². The number of aliphatic imine (C=N–C) groups is 1. The fourth-order valence-corrected chi connectivity index (χ4v) is 3.32. The van der Waals surface area contributed by atoms with Gasteiger partial charge in [-0.25, -0.2) is 9.79 Å². The number of methoxy groups -OCH3 is 1. The molecule has 0 radical (unpaired) electrons. The minimum atomic E-state index is -1.37. The lowest BCUT2D eigenvalue weighted by atomic mass is 10.0. The Bertz CT molecular complexity index is 1440. The Morgan fingerprint density at radius 1 is 1.19 bits per heavy atom. The van der Waals surface area contributed by atoms with Crippen LogP contribution >= 0.6 is 0 Å². The molecule has 0 aliphatic rings. The van der Waals surface area contributed by atoms with Crippen molar-refractivity contribution in [3.05, 3.63) is 70.6 Å². The van der Waals surface area contributed by atoms with Crippen LogP contribution in [0.5, 0.6) is 5.75 Å². The average molecular weight is 425 g/mol. The maximum Gasteiger partial charge on any atom is 0.337 e. The van der Waals surface area contributed by atoms with Gasteiger partial charge in [0, 0.05) is 23.2 Å². The Morgan fingerprint density at radius 2 is 1.94 bits per heavy atom. The predicted octanol–water partition coefficient (Wildman–Crippen LogP) is 3.48. The summed E-state index contributed by atoms with van der Waals surface area (Å²) in [6, 6.07) is 12.4. The zero-order valence-corrected chi connectivity index (χ0v) is 17.0. The van der Waals surface area contributed by atoms with Crippen LogP contribution in [0.2, 0.25) is 0 Å². The maximum absolute atomic E-state index is 13.3. The first-order chi connectivity index (χ1) is 15.4. The molecule has 0 unspecified atom stereocenters. The normalized spacial score (nSPS) is 10.7. The van der Waals surface area contributed by atoms with Gasteiger partial charge in [-0.3, -0.25) is 10.2 Å². The zero-order chi connectivity index (χ0) is 23.4. The first-order valence-electron chi connectivity index (χ1n) is 9.12. The van der Waals surface area contributed by atoms with Crippen LogP contribution in [0, 0.1) is 35.0 Å². The van der Waals surface area contributed by atoms with Gasteiger partial charge in [0.1, 0.15) is 29.2 Å². The molecule has 3 aromatic rings. The molecule has 9 nitrogen and oxygen atoms in total. The second-order valence-corrected chi connectivity index (χ2v) is 6.51. The molecule has 156 valence electrons. The maximum atomic E-state index is 13.3. The number of hydrogen-bond donors (Lipinski definition) is 2. The molecule has 1 aromatic carbocycles. The molecule has 0 bridgehead atoms. The van der Waals surface area contributed by atoms with Crippen molar-refractivity contribution in [2.45, 2.75) is 6.92 Å².